The van der Waals surface area contributed by atoms with Crippen LogP contribution in [0.4, 0.5) is 4.79 Å². The second-order valence-corrected chi connectivity index (χ2v) is 6.49. The number of carboxylic acid groups (broad SMARTS) is 1. The minimum absolute atomic E-state index is 0.113. The van der Waals surface area contributed by atoms with E-state index >= 15 is 0 Å². The molecule has 2 fully saturated rings. The predicted octanol–water partition coefficient (Wildman–Crippen LogP) is 2.13. The summed E-state index contributed by atoms with van der Waals surface area (Å²) in [4.78, 5) is 22.7. The highest BCUT2D eigenvalue weighted by Crippen LogP contribution is 2.32. The SMILES string of the molecule is CCOC1CC(CCNC(=O)NC2CCC(C(=O)O)CC2)C1. The van der Waals surface area contributed by atoms with Gasteiger partial charge in [-0.05, 0) is 57.8 Å². The average molecular weight is 312 g/mol. The fraction of sp³-hybridized carbons (Fsp3) is 0.875. The van der Waals surface area contributed by atoms with Crippen molar-refractivity contribution in [3.63, 3.8) is 0 Å². The van der Waals surface area contributed by atoms with Gasteiger partial charge in [-0.1, -0.05) is 0 Å². The van der Waals surface area contributed by atoms with Crippen molar-refractivity contribution in [2.75, 3.05) is 13.2 Å². The summed E-state index contributed by atoms with van der Waals surface area (Å²) in [5.41, 5.74) is 0. The van der Waals surface area contributed by atoms with E-state index in [1.54, 1.807) is 0 Å². The van der Waals surface area contributed by atoms with Gasteiger partial charge in [-0.15, -0.1) is 0 Å². The van der Waals surface area contributed by atoms with E-state index in [-0.39, 0.29) is 18.0 Å². The maximum Gasteiger partial charge on any atom is 0.315 e. The Kier molecular flexibility index (Phi) is 6.49. The van der Waals surface area contributed by atoms with Crippen LogP contribution in [0.3, 0.4) is 0 Å². The summed E-state index contributed by atoms with van der Waals surface area (Å²) in [7, 11) is 0. The number of aliphatic carboxylic acids is 1. The Hall–Kier alpha value is -1.30. The molecule has 6 nitrogen and oxygen atoms in total. The molecule has 0 aromatic carbocycles. The van der Waals surface area contributed by atoms with Crippen LogP contribution in [0.2, 0.25) is 0 Å². The smallest absolute Gasteiger partial charge is 0.315 e. The number of nitrogens with one attached hydrogen (secondary N) is 2. The quantitative estimate of drug-likeness (QED) is 0.672. The summed E-state index contributed by atoms with van der Waals surface area (Å²) in [6.07, 6.45) is 6.46. The van der Waals surface area contributed by atoms with Crippen molar-refractivity contribution < 1.29 is 19.4 Å². The lowest BCUT2D eigenvalue weighted by atomic mass is 9.80. The van der Waals surface area contributed by atoms with Gasteiger partial charge in [0.05, 0.1) is 12.0 Å². The summed E-state index contributed by atoms with van der Waals surface area (Å²) in [6, 6.07) is -0.0129. The third-order valence-electron chi connectivity index (χ3n) is 4.84. The molecule has 2 saturated carbocycles. The van der Waals surface area contributed by atoms with Gasteiger partial charge in [-0.3, -0.25) is 4.79 Å². The Morgan fingerprint density at radius 3 is 2.45 bits per heavy atom. The molecule has 0 bridgehead atoms. The number of ether oxygens (including phenoxy) is 1. The van der Waals surface area contributed by atoms with Crippen molar-refractivity contribution in [3.8, 4) is 0 Å². The molecule has 126 valence electrons. The monoisotopic (exact) mass is 312 g/mol. The largest absolute Gasteiger partial charge is 0.481 e. The molecule has 0 spiro atoms. The molecule has 2 aliphatic rings. The van der Waals surface area contributed by atoms with Crippen molar-refractivity contribution in [2.45, 2.75) is 64.0 Å². The third kappa shape index (κ3) is 5.16. The lowest BCUT2D eigenvalue weighted by Gasteiger charge is -2.35. The summed E-state index contributed by atoms with van der Waals surface area (Å²) in [5, 5.41) is 14.8. The van der Waals surface area contributed by atoms with Crippen LogP contribution in [0.1, 0.15) is 51.9 Å². The van der Waals surface area contributed by atoms with Crippen molar-refractivity contribution in [3.05, 3.63) is 0 Å². The maximum atomic E-state index is 11.8. The number of carbonyl (C=O) groups excluding carboxylic acids is 1. The molecule has 0 saturated heterocycles. The number of hydrogen-bond donors (Lipinski definition) is 3. The standard InChI is InChI=1S/C16H28N2O4/c1-2-22-14-9-11(10-14)7-8-17-16(21)18-13-5-3-12(4-6-13)15(19)20/h11-14H,2-10H2,1H3,(H,19,20)(H2,17,18,21). The summed E-state index contributed by atoms with van der Waals surface area (Å²) in [6.45, 7) is 3.49. The van der Waals surface area contributed by atoms with Crippen molar-refractivity contribution in [1.29, 1.82) is 0 Å². The molecule has 22 heavy (non-hydrogen) atoms. The van der Waals surface area contributed by atoms with Crippen molar-refractivity contribution >= 4 is 12.0 Å². The van der Waals surface area contributed by atoms with E-state index in [0.717, 1.165) is 38.7 Å². The zero-order valence-corrected chi connectivity index (χ0v) is 13.3. The fourth-order valence-electron chi connectivity index (χ4n) is 3.39. The van der Waals surface area contributed by atoms with E-state index in [9.17, 15) is 9.59 Å². The lowest BCUT2D eigenvalue weighted by molar-refractivity contribution is -0.142. The molecule has 6 heteroatoms. The highest BCUT2D eigenvalue weighted by atomic mass is 16.5. The Morgan fingerprint density at radius 2 is 1.86 bits per heavy atom. The minimum Gasteiger partial charge on any atom is -0.481 e. The van der Waals surface area contributed by atoms with E-state index in [0.29, 0.717) is 31.4 Å². The van der Waals surface area contributed by atoms with Gasteiger partial charge in [-0.2, -0.15) is 0 Å². The molecule has 2 aliphatic carbocycles. The van der Waals surface area contributed by atoms with Gasteiger partial charge in [0.1, 0.15) is 0 Å². The zero-order chi connectivity index (χ0) is 15.9. The Labute approximate surface area is 132 Å². The summed E-state index contributed by atoms with van der Waals surface area (Å²) >= 11 is 0. The fourth-order valence-corrected chi connectivity index (χ4v) is 3.39. The van der Waals surface area contributed by atoms with E-state index < -0.39 is 5.97 Å². The molecule has 0 aromatic rings. The molecular formula is C16H28N2O4. The second-order valence-electron chi connectivity index (χ2n) is 6.49. The molecule has 0 unspecified atom stereocenters. The van der Waals surface area contributed by atoms with Crippen LogP contribution in [0.15, 0.2) is 0 Å². The first-order valence-electron chi connectivity index (χ1n) is 8.47. The third-order valence-corrected chi connectivity index (χ3v) is 4.84. The van der Waals surface area contributed by atoms with Crippen LogP contribution in [0, 0.1) is 11.8 Å². The van der Waals surface area contributed by atoms with E-state index in [2.05, 4.69) is 10.6 Å². The highest BCUT2D eigenvalue weighted by Gasteiger charge is 2.29. The van der Waals surface area contributed by atoms with Crippen molar-refractivity contribution in [2.24, 2.45) is 11.8 Å². The first-order chi connectivity index (χ1) is 10.6. The molecule has 0 atom stereocenters. The maximum absolute atomic E-state index is 11.8. The Balaban J connectivity index is 1.51. The normalized spacial score (nSPS) is 31.1. The summed E-state index contributed by atoms with van der Waals surface area (Å²) in [5.74, 6) is -0.283. The average Bonchev–Trinajstić information content (AvgIpc) is 2.45. The molecule has 0 aromatic heterocycles. The molecule has 0 aliphatic heterocycles. The first kappa shape index (κ1) is 17.1. The van der Waals surface area contributed by atoms with Gasteiger partial charge in [-0.25, -0.2) is 4.79 Å². The first-order valence-corrected chi connectivity index (χ1v) is 8.47. The van der Waals surface area contributed by atoms with Crippen LogP contribution in [0.25, 0.3) is 0 Å². The highest BCUT2D eigenvalue weighted by molar-refractivity contribution is 5.74. The van der Waals surface area contributed by atoms with Gasteiger partial charge in [0.25, 0.3) is 0 Å². The number of amides is 2. The zero-order valence-electron chi connectivity index (χ0n) is 13.3. The van der Waals surface area contributed by atoms with Crippen LogP contribution in [-0.4, -0.2) is 42.4 Å². The number of carbonyl (C=O) groups is 2. The van der Waals surface area contributed by atoms with Gasteiger partial charge in [0, 0.05) is 19.2 Å². The molecule has 2 amide bonds. The second kappa shape index (κ2) is 8.36. The molecule has 0 radical (unpaired) electrons. The molecule has 0 heterocycles. The predicted molar refractivity (Wildman–Crippen MR) is 82.7 cm³/mol. The van der Waals surface area contributed by atoms with E-state index in [4.69, 9.17) is 9.84 Å². The minimum atomic E-state index is -0.714. The van der Waals surface area contributed by atoms with Crippen molar-refractivity contribution in [1.82, 2.24) is 10.6 Å². The Bertz CT molecular complexity index is 374. The van der Waals surface area contributed by atoms with E-state index in [1.165, 1.54) is 0 Å². The van der Waals surface area contributed by atoms with Gasteiger partial charge < -0.3 is 20.5 Å². The van der Waals surface area contributed by atoms with Crippen LogP contribution < -0.4 is 10.6 Å². The van der Waals surface area contributed by atoms with Crippen LogP contribution in [-0.2, 0) is 9.53 Å². The number of carboxylic acids is 1. The number of rotatable bonds is 7. The van der Waals surface area contributed by atoms with Gasteiger partial charge in [0.15, 0.2) is 0 Å². The van der Waals surface area contributed by atoms with Gasteiger partial charge in [0.2, 0.25) is 0 Å². The Morgan fingerprint density at radius 1 is 1.18 bits per heavy atom. The summed E-state index contributed by atoms with van der Waals surface area (Å²) < 4.78 is 5.52. The van der Waals surface area contributed by atoms with Crippen LogP contribution in [0.5, 0.6) is 0 Å². The molecule has 3 N–H and O–H groups in total. The van der Waals surface area contributed by atoms with E-state index in [1.807, 2.05) is 6.92 Å². The lowest BCUT2D eigenvalue weighted by Crippen LogP contribution is -2.45. The van der Waals surface area contributed by atoms with Gasteiger partial charge >= 0.3 is 12.0 Å². The topological polar surface area (TPSA) is 87.7 Å². The molecule has 2 rings (SSSR count). The number of urea groups is 1. The van der Waals surface area contributed by atoms with Crippen LogP contribution >= 0.6 is 0 Å². The molecular weight excluding hydrogens is 284 g/mol. The number of hydrogen-bond acceptors (Lipinski definition) is 3.